The van der Waals surface area contributed by atoms with Crippen molar-refractivity contribution in [3.63, 3.8) is 0 Å². The fraction of sp³-hybridized carbons (Fsp3) is 0.583. The Labute approximate surface area is 95.4 Å². The van der Waals surface area contributed by atoms with Crippen LogP contribution in [-0.2, 0) is 11.8 Å². The fourth-order valence-electron chi connectivity index (χ4n) is 2.39. The van der Waals surface area contributed by atoms with Gasteiger partial charge in [0, 0.05) is 24.7 Å². The van der Waals surface area contributed by atoms with Crippen LogP contribution in [0.25, 0.3) is 0 Å². The molecule has 1 saturated carbocycles. The van der Waals surface area contributed by atoms with Crippen LogP contribution in [0, 0.1) is 5.41 Å². The molecule has 1 heterocycles. The molecule has 1 aliphatic carbocycles. The van der Waals surface area contributed by atoms with Gasteiger partial charge in [-0.05, 0) is 17.5 Å². The zero-order chi connectivity index (χ0) is 12.1. The van der Waals surface area contributed by atoms with Gasteiger partial charge >= 0.3 is 5.97 Å². The number of aromatic nitrogens is 1. The first-order valence-electron chi connectivity index (χ1n) is 5.40. The van der Waals surface area contributed by atoms with Crippen molar-refractivity contribution in [3.05, 3.63) is 23.5 Å². The number of esters is 1. The molecule has 1 aliphatic rings. The quantitative estimate of drug-likeness (QED) is 0.766. The molecular formula is C12H18N2O2. The summed E-state index contributed by atoms with van der Waals surface area (Å²) in [5, 5.41) is 0. The van der Waals surface area contributed by atoms with Gasteiger partial charge in [0.15, 0.2) is 0 Å². The van der Waals surface area contributed by atoms with E-state index in [1.807, 2.05) is 17.7 Å². The van der Waals surface area contributed by atoms with Crippen LogP contribution in [0.3, 0.4) is 0 Å². The molecule has 0 aromatic carbocycles. The SMILES string of the molecule is COC(=O)c1ccc(C2C(N)C2(C)C)n1C. The van der Waals surface area contributed by atoms with Gasteiger partial charge in [-0.2, -0.15) is 0 Å². The largest absolute Gasteiger partial charge is 0.464 e. The number of nitrogens with zero attached hydrogens (tertiary/aromatic N) is 1. The van der Waals surface area contributed by atoms with E-state index in [1.165, 1.54) is 7.11 Å². The van der Waals surface area contributed by atoms with E-state index in [0.29, 0.717) is 11.6 Å². The molecule has 2 atom stereocenters. The third-order valence-corrected chi connectivity index (χ3v) is 3.78. The van der Waals surface area contributed by atoms with E-state index in [4.69, 9.17) is 10.5 Å². The van der Waals surface area contributed by atoms with Gasteiger partial charge in [-0.25, -0.2) is 4.79 Å². The van der Waals surface area contributed by atoms with Crippen LogP contribution in [0.15, 0.2) is 12.1 Å². The summed E-state index contributed by atoms with van der Waals surface area (Å²) >= 11 is 0. The van der Waals surface area contributed by atoms with Crippen molar-refractivity contribution < 1.29 is 9.53 Å². The highest BCUT2D eigenvalue weighted by molar-refractivity contribution is 5.87. The lowest BCUT2D eigenvalue weighted by Gasteiger charge is -2.07. The maximum atomic E-state index is 11.5. The van der Waals surface area contributed by atoms with E-state index in [9.17, 15) is 4.79 Å². The van der Waals surface area contributed by atoms with E-state index >= 15 is 0 Å². The summed E-state index contributed by atoms with van der Waals surface area (Å²) in [5.41, 5.74) is 7.84. The first-order chi connectivity index (χ1) is 7.41. The second-order valence-corrected chi connectivity index (χ2v) is 5.02. The Morgan fingerprint density at radius 3 is 2.50 bits per heavy atom. The van der Waals surface area contributed by atoms with Crippen molar-refractivity contribution in [1.82, 2.24) is 4.57 Å². The summed E-state index contributed by atoms with van der Waals surface area (Å²) in [4.78, 5) is 11.5. The van der Waals surface area contributed by atoms with Crippen molar-refractivity contribution in [2.75, 3.05) is 7.11 Å². The number of carbonyl (C=O) groups excluding carboxylic acids is 1. The van der Waals surface area contributed by atoms with Crippen molar-refractivity contribution in [2.24, 2.45) is 18.2 Å². The molecule has 1 aromatic rings. The standard InChI is InChI=1S/C12H18N2O2/c1-12(2)9(10(12)13)7-5-6-8(14(7)3)11(15)16-4/h5-6,9-10H,13H2,1-4H3. The molecule has 0 amide bonds. The van der Waals surface area contributed by atoms with Gasteiger partial charge in [0.1, 0.15) is 5.69 Å². The van der Waals surface area contributed by atoms with Gasteiger partial charge in [-0.15, -0.1) is 0 Å². The Morgan fingerprint density at radius 1 is 1.50 bits per heavy atom. The maximum Gasteiger partial charge on any atom is 0.354 e. The second-order valence-electron chi connectivity index (χ2n) is 5.02. The Morgan fingerprint density at radius 2 is 2.06 bits per heavy atom. The molecule has 1 fully saturated rings. The Bertz CT molecular complexity index is 434. The molecule has 2 N–H and O–H groups in total. The number of ether oxygens (including phenoxy) is 1. The third-order valence-electron chi connectivity index (χ3n) is 3.78. The number of carbonyl (C=O) groups is 1. The minimum atomic E-state index is -0.305. The average molecular weight is 222 g/mol. The Hall–Kier alpha value is -1.29. The summed E-state index contributed by atoms with van der Waals surface area (Å²) in [7, 11) is 3.27. The average Bonchev–Trinajstić information content (AvgIpc) is 2.60. The zero-order valence-corrected chi connectivity index (χ0v) is 10.2. The van der Waals surface area contributed by atoms with Gasteiger partial charge in [0.25, 0.3) is 0 Å². The molecule has 0 aliphatic heterocycles. The maximum absolute atomic E-state index is 11.5. The minimum absolute atomic E-state index is 0.125. The first kappa shape index (κ1) is 11.2. The van der Waals surface area contributed by atoms with Crippen molar-refractivity contribution in [3.8, 4) is 0 Å². The highest BCUT2D eigenvalue weighted by Crippen LogP contribution is 2.57. The second kappa shape index (κ2) is 3.35. The fourth-order valence-corrected chi connectivity index (χ4v) is 2.39. The number of hydrogen-bond acceptors (Lipinski definition) is 3. The normalized spacial score (nSPS) is 26.6. The molecule has 88 valence electrons. The van der Waals surface area contributed by atoms with Gasteiger partial charge in [0.2, 0.25) is 0 Å². The molecule has 0 spiro atoms. The van der Waals surface area contributed by atoms with Crippen LogP contribution in [0.4, 0.5) is 0 Å². The number of hydrogen-bond donors (Lipinski definition) is 1. The molecule has 4 heteroatoms. The van der Waals surface area contributed by atoms with E-state index in [2.05, 4.69) is 13.8 Å². The molecule has 1 aromatic heterocycles. The molecule has 0 radical (unpaired) electrons. The van der Waals surface area contributed by atoms with Gasteiger partial charge < -0.3 is 15.0 Å². The van der Waals surface area contributed by atoms with Crippen LogP contribution < -0.4 is 5.73 Å². The van der Waals surface area contributed by atoms with Gasteiger partial charge in [0.05, 0.1) is 7.11 Å². The predicted octanol–water partition coefficient (Wildman–Crippen LogP) is 1.26. The lowest BCUT2D eigenvalue weighted by Crippen LogP contribution is -2.10. The lowest BCUT2D eigenvalue weighted by molar-refractivity contribution is 0.0589. The minimum Gasteiger partial charge on any atom is -0.464 e. The van der Waals surface area contributed by atoms with E-state index in [1.54, 1.807) is 6.07 Å². The van der Waals surface area contributed by atoms with Crippen LogP contribution in [0.2, 0.25) is 0 Å². The summed E-state index contributed by atoms with van der Waals surface area (Å²) in [6, 6.07) is 3.93. The van der Waals surface area contributed by atoms with Crippen LogP contribution >= 0.6 is 0 Å². The number of methoxy groups -OCH3 is 1. The summed E-state index contributed by atoms with van der Waals surface area (Å²) < 4.78 is 6.60. The number of nitrogens with two attached hydrogens (primary N) is 1. The van der Waals surface area contributed by atoms with E-state index in [-0.39, 0.29) is 17.4 Å². The van der Waals surface area contributed by atoms with E-state index < -0.39 is 0 Å². The van der Waals surface area contributed by atoms with Gasteiger partial charge in [-0.3, -0.25) is 0 Å². The smallest absolute Gasteiger partial charge is 0.354 e. The van der Waals surface area contributed by atoms with Crippen molar-refractivity contribution in [1.29, 1.82) is 0 Å². The molecule has 4 nitrogen and oxygen atoms in total. The molecule has 0 bridgehead atoms. The van der Waals surface area contributed by atoms with Crippen molar-refractivity contribution in [2.45, 2.75) is 25.8 Å². The van der Waals surface area contributed by atoms with Crippen LogP contribution in [0.5, 0.6) is 0 Å². The third kappa shape index (κ3) is 1.37. The molecule has 2 rings (SSSR count). The van der Waals surface area contributed by atoms with Crippen LogP contribution in [-0.4, -0.2) is 23.7 Å². The highest BCUT2D eigenvalue weighted by Gasteiger charge is 2.57. The predicted molar refractivity (Wildman–Crippen MR) is 61.2 cm³/mol. The van der Waals surface area contributed by atoms with Crippen molar-refractivity contribution >= 4 is 5.97 Å². The summed E-state index contributed by atoms with van der Waals surface area (Å²) in [6.07, 6.45) is 0. The Balaban J connectivity index is 2.32. The zero-order valence-electron chi connectivity index (χ0n) is 10.2. The molecule has 16 heavy (non-hydrogen) atoms. The summed E-state index contributed by atoms with van der Waals surface area (Å²) in [5.74, 6) is 0.0247. The molecular weight excluding hydrogens is 204 g/mol. The molecule has 0 saturated heterocycles. The van der Waals surface area contributed by atoms with Gasteiger partial charge in [-0.1, -0.05) is 13.8 Å². The summed E-state index contributed by atoms with van der Waals surface area (Å²) in [6.45, 7) is 4.29. The topological polar surface area (TPSA) is 57.2 Å². The number of rotatable bonds is 2. The molecule has 2 unspecified atom stereocenters. The van der Waals surface area contributed by atoms with E-state index in [0.717, 1.165) is 5.69 Å². The monoisotopic (exact) mass is 222 g/mol. The lowest BCUT2D eigenvalue weighted by atomic mass is 10.1. The first-order valence-corrected chi connectivity index (χ1v) is 5.40. The highest BCUT2D eigenvalue weighted by atomic mass is 16.5. The Kier molecular flexibility index (Phi) is 2.35. The van der Waals surface area contributed by atoms with Crippen LogP contribution in [0.1, 0.15) is 35.9 Å².